The Kier molecular flexibility index (Phi) is 9.83. The molecule has 12 heteroatoms. The van der Waals surface area contributed by atoms with Crippen molar-refractivity contribution in [3.8, 4) is 11.5 Å². The van der Waals surface area contributed by atoms with E-state index in [0.29, 0.717) is 22.6 Å². The van der Waals surface area contributed by atoms with Crippen molar-refractivity contribution in [1.82, 2.24) is 5.32 Å². The van der Waals surface area contributed by atoms with Gasteiger partial charge in [-0.15, -0.1) is 0 Å². The molecule has 39 heavy (non-hydrogen) atoms. The molecule has 0 spiro atoms. The number of ether oxygens (including phenoxy) is 1. The Labute approximate surface area is 238 Å². The van der Waals surface area contributed by atoms with Crippen LogP contribution in [0.15, 0.2) is 6.07 Å². The fraction of sp³-hybridized carbons (Fsp3) is 0.630. The van der Waals surface area contributed by atoms with Crippen molar-refractivity contribution in [2.24, 2.45) is 0 Å². The van der Waals surface area contributed by atoms with Gasteiger partial charge in [-0.2, -0.15) is 11.8 Å². The maximum absolute atomic E-state index is 13.5. The topological polar surface area (TPSA) is 131 Å². The van der Waals surface area contributed by atoms with Gasteiger partial charge in [0.1, 0.15) is 11.5 Å². The van der Waals surface area contributed by atoms with E-state index in [-0.39, 0.29) is 27.1 Å². The third-order valence-corrected chi connectivity index (χ3v) is 17.6. The summed E-state index contributed by atoms with van der Waals surface area (Å²) in [5.41, 5.74) is 1.27. The van der Waals surface area contributed by atoms with E-state index in [0.717, 1.165) is 0 Å². The Balaban J connectivity index is 2.79. The number of rotatable bonds is 5. The summed E-state index contributed by atoms with van der Waals surface area (Å²) in [5, 5.41) is 13.5. The minimum absolute atomic E-state index is 0.0728. The number of esters is 1. The van der Waals surface area contributed by atoms with E-state index >= 15 is 0 Å². The van der Waals surface area contributed by atoms with E-state index in [4.69, 9.17) is 13.6 Å². The molecule has 1 amide bonds. The first-order valence-electron chi connectivity index (χ1n) is 12.9. The number of carbonyl (C=O) groups excluding carboxylic acids is 4. The molecule has 1 aromatic rings. The van der Waals surface area contributed by atoms with Crippen molar-refractivity contribution in [3.63, 3.8) is 0 Å². The highest BCUT2D eigenvalue weighted by molar-refractivity contribution is 7.98. The lowest BCUT2D eigenvalue weighted by atomic mass is 10.0. The van der Waals surface area contributed by atoms with E-state index in [1.54, 1.807) is 6.92 Å². The van der Waals surface area contributed by atoms with Gasteiger partial charge in [0.05, 0.1) is 17.6 Å². The largest absolute Gasteiger partial charge is 0.548 e. The van der Waals surface area contributed by atoms with Crippen molar-refractivity contribution >= 4 is 52.0 Å². The molecule has 0 radical (unpaired) electrons. The first-order valence-corrected chi connectivity index (χ1v) is 19.9. The lowest BCUT2D eigenvalue weighted by molar-refractivity contribution is -0.307. The number of carboxylic acid groups (broad SMARTS) is 1. The van der Waals surface area contributed by atoms with Crippen molar-refractivity contribution in [2.75, 3.05) is 12.4 Å². The lowest BCUT2D eigenvalue weighted by Gasteiger charge is -2.39. The standard InChI is InChI=1S/C27H43NO8SSi2/c1-16-20(35-38(8,9)26(2,3)4)12-21(36-39(10,11)27(5,6)7)17-14-37-15-18(24(31)32)28-23(30)19(29)13-34-25(33)22(16)17/h12,18H,13-15H2,1-11H3,(H,28,30)(H,31,32)/p-1/t18-/m0/s1. The van der Waals surface area contributed by atoms with E-state index < -0.39 is 52.9 Å². The molecule has 1 aliphatic heterocycles. The van der Waals surface area contributed by atoms with Gasteiger partial charge in [-0.25, -0.2) is 4.79 Å². The van der Waals surface area contributed by atoms with Gasteiger partial charge in [0.2, 0.25) is 16.6 Å². The predicted octanol–water partition coefficient (Wildman–Crippen LogP) is 3.97. The summed E-state index contributed by atoms with van der Waals surface area (Å²) in [4.78, 5) is 49.6. The van der Waals surface area contributed by atoms with Crippen LogP contribution >= 0.6 is 11.8 Å². The van der Waals surface area contributed by atoms with Gasteiger partial charge in [0.15, 0.2) is 6.61 Å². The average Bonchev–Trinajstić information content (AvgIpc) is 2.76. The van der Waals surface area contributed by atoms with Gasteiger partial charge in [-0.3, -0.25) is 9.59 Å². The van der Waals surface area contributed by atoms with Crippen molar-refractivity contribution in [1.29, 1.82) is 0 Å². The number of carboxylic acids is 1. The summed E-state index contributed by atoms with van der Waals surface area (Å²) in [5.74, 6) is -3.40. The third-order valence-electron chi connectivity index (χ3n) is 7.86. The number of benzene rings is 1. The number of Topliss-reactive ketones (excluding diaryl/α,β-unsaturated/α-hetero) is 1. The van der Waals surface area contributed by atoms with Gasteiger partial charge in [-0.05, 0) is 43.2 Å². The fourth-order valence-corrected chi connectivity index (χ4v) is 6.38. The average molecular weight is 597 g/mol. The lowest BCUT2D eigenvalue weighted by Crippen LogP contribution is -2.51. The van der Waals surface area contributed by atoms with E-state index in [2.05, 4.69) is 73.0 Å². The van der Waals surface area contributed by atoms with Crippen LogP contribution in [0.3, 0.4) is 0 Å². The number of hydrogen-bond acceptors (Lipinski definition) is 9. The molecule has 0 aromatic heterocycles. The summed E-state index contributed by atoms with van der Waals surface area (Å²) in [7, 11) is -4.74. The normalized spacial score (nSPS) is 18.2. The Morgan fingerprint density at radius 1 is 1.00 bits per heavy atom. The van der Waals surface area contributed by atoms with Gasteiger partial charge in [0, 0.05) is 28.7 Å². The molecule has 1 heterocycles. The summed E-state index contributed by atoms with van der Waals surface area (Å²) in [6, 6.07) is 0.440. The number of amides is 1. The smallest absolute Gasteiger partial charge is 0.339 e. The number of cyclic esters (lactones) is 1. The number of thioether (sulfide) groups is 1. The van der Waals surface area contributed by atoms with Gasteiger partial charge in [0.25, 0.3) is 11.7 Å². The van der Waals surface area contributed by atoms with Gasteiger partial charge in [-0.1, -0.05) is 41.5 Å². The number of carbonyl (C=O) groups is 4. The molecule has 0 fully saturated rings. The van der Waals surface area contributed by atoms with Crippen LogP contribution in [-0.4, -0.2) is 58.7 Å². The zero-order chi connectivity index (χ0) is 30.1. The molecular formula is C27H42NO8SSi2-. The second kappa shape index (κ2) is 11.7. The molecule has 0 unspecified atom stereocenters. The summed E-state index contributed by atoms with van der Waals surface area (Å²) in [6.45, 7) is 22.0. The van der Waals surface area contributed by atoms with Crippen LogP contribution in [0.2, 0.25) is 36.3 Å². The minimum Gasteiger partial charge on any atom is -0.548 e. The van der Waals surface area contributed by atoms with Crippen LogP contribution in [0.1, 0.15) is 63.0 Å². The fourth-order valence-electron chi connectivity index (χ4n) is 3.21. The molecule has 1 N–H and O–H groups in total. The second-order valence-electron chi connectivity index (χ2n) is 12.9. The highest BCUT2D eigenvalue weighted by atomic mass is 32.2. The number of hydrogen-bond donors (Lipinski definition) is 1. The number of aliphatic carboxylic acids is 1. The molecule has 0 saturated heterocycles. The summed E-state index contributed by atoms with van der Waals surface area (Å²) >= 11 is 1.18. The molecule has 0 saturated carbocycles. The van der Waals surface area contributed by atoms with Gasteiger partial charge < -0.3 is 28.8 Å². The third kappa shape index (κ3) is 7.66. The Morgan fingerprint density at radius 2 is 1.51 bits per heavy atom. The summed E-state index contributed by atoms with van der Waals surface area (Å²) in [6.07, 6.45) is 0. The molecule has 218 valence electrons. The molecule has 1 aliphatic rings. The molecule has 9 nitrogen and oxygen atoms in total. The van der Waals surface area contributed by atoms with Crippen molar-refractivity contribution in [2.45, 2.75) is 96.5 Å². The number of ketones is 1. The van der Waals surface area contributed by atoms with E-state index in [1.165, 1.54) is 11.8 Å². The highest BCUT2D eigenvalue weighted by Crippen LogP contribution is 2.45. The number of nitrogens with one attached hydrogen (secondary N) is 1. The monoisotopic (exact) mass is 596 g/mol. The number of fused-ring (bicyclic) bond motifs is 1. The van der Waals surface area contributed by atoms with Crippen molar-refractivity contribution < 1.29 is 37.9 Å². The quantitative estimate of drug-likeness (QED) is 0.305. The molecule has 2 rings (SSSR count). The maximum atomic E-state index is 13.5. The van der Waals surface area contributed by atoms with Gasteiger partial charge >= 0.3 is 5.97 Å². The highest BCUT2D eigenvalue weighted by Gasteiger charge is 2.42. The van der Waals surface area contributed by atoms with Crippen LogP contribution in [0.5, 0.6) is 11.5 Å². The SMILES string of the molecule is Cc1c(O[Si](C)(C)C(C)(C)C)cc(O[Si](C)(C)C(C)(C)C)c2c1C(=O)OCC(=O)C(=O)N[C@H](C(=O)[O-])CSC2. The van der Waals surface area contributed by atoms with Crippen molar-refractivity contribution in [3.05, 3.63) is 22.8 Å². The Morgan fingerprint density at radius 3 is 2.00 bits per heavy atom. The van der Waals surface area contributed by atoms with Crippen LogP contribution in [0.4, 0.5) is 0 Å². The van der Waals surface area contributed by atoms with Crippen LogP contribution in [-0.2, 0) is 24.9 Å². The zero-order valence-electron chi connectivity index (χ0n) is 25.0. The summed E-state index contributed by atoms with van der Waals surface area (Å²) < 4.78 is 18.7. The predicted molar refractivity (Wildman–Crippen MR) is 155 cm³/mol. The first kappa shape index (κ1) is 32.9. The van der Waals surface area contributed by atoms with Crippen LogP contribution in [0.25, 0.3) is 0 Å². The molecular weight excluding hydrogens is 555 g/mol. The van der Waals surface area contributed by atoms with E-state index in [1.807, 2.05) is 6.07 Å². The zero-order valence-corrected chi connectivity index (χ0v) is 27.8. The minimum atomic E-state index is -2.40. The molecule has 1 atom stereocenters. The molecule has 0 bridgehead atoms. The molecule has 0 aliphatic carbocycles. The van der Waals surface area contributed by atoms with E-state index in [9.17, 15) is 24.3 Å². The molecule has 1 aromatic carbocycles. The van der Waals surface area contributed by atoms with Crippen LogP contribution in [0, 0.1) is 6.92 Å². The van der Waals surface area contributed by atoms with Crippen LogP contribution < -0.4 is 19.3 Å². The Hall–Kier alpha value is -2.32. The Bertz CT molecular complexity index is 1150. The maximum Gasteiger partial charge on any atom is 0.339 e. The second-order valence-corrected chi connectivity index (χ2v) is 23.4. The first-order chi connectivity index (χ1) is 17.6.